The van der Waals surface area contributed by atoms with Gasteiger partial charge in [0.25, 0.3) is 5.91 Å². The van der Waals surface area contributed by atoms with Crippen molar-refractivity contribution in [3.63, 3.8) is 0 Å². The third kappa shape index (κ3) is 2.60. The van der Waals surface area contributed by atoms with Gasteiger partial charge in [-0.05, 0) is 19.4 Å². The molecule has 1 aliphatic heterocycles. The minimum absolute atomic E-state index is 0.0577. The smallest absolute Gasteiger partial charge is 0.358 e. The summed E-state index contributed by atoms with van der Waals surface area (Å²) < 4.78 is 8.35. The van der Waals surface area contributed by atoms with Crippen LogP contribution in [-0.2, 0) is 17.8 Å². The van der Waals surface area contributed by atoms with E-state index in [1.54, 1.807) is 15.6 Å². The number of fused-ring (bicyclic) bond motifs is 2. The highest BCUT2D eigenvalue weighted by Gasteiger charge is 2.27. The van der Waals surface area contributed by atoms with Crippen molar-refractivity contribution >= 4 is 28.2 Å². The monoisotopic (exact) mass is 359 g/mol. The number of esters is 1. The molecule has 0 N–H and O–H groups in total. The Kier molecular flexibility index (Phi) is 3.79. The van der Waals surface area contributed by atoms with Crippen LogP contribution in [0.15, 0.2) is 17.6 Å². The second-order valence-electron chi connectivity index (χ2n) is 5.92. The summed E-state index contributed by atoms with van der Waals surface area (Å²) in [7, 11) is 1.33. The SMILES string of the molecule is COC(=O)c1cc2n(n1)CCCN(C(=O)c1c(C)nc3sccn13)C2. The van der Waals surface area contributed by atoms with Gasteiger partial charge in [0.15, 0.2) is 10.7 Å². The first-order chi connectivity index (χ1) is 12.1. The fourth-order valence-electron chi connectivity index (χ4n) is 3.14. The molecule has 25 heavy (non-hydrogen) atoms. The number of aryl methyl sites for hydroxylation is 2. The Morgan fingerprint density at radius 1 is 1.32 bits per heavy atom. The number of amides is 1. The van der Waals surface area contributed by atoms with Gasteiger partial charge in [0.2, 0.25) is 0 Å². The van der Waals surface area contributed by atoms with Crippen molar-refractivity contribution in [2.45, 2.75) is 26.4 Å². The first-order valence-electron chi connectivity index (χ1n) is 7.95. The fraction of sp³-hybridized carbons (Fsp3) is 0.375. The summed E-state index contributed by atoms with van der Waals surface area (Å²) >= 11 is 1.50. The first kappa shape index (κ1) is 15.8. The zero-order valence-corrected chi connectivity index (χ0v) is 14.7. The van der Waals surface area contributed by atoms with Gasteiger partial charge in [-0.15, -0.1) is 11.3 Å². The molecule has 0 spiro atoms. The van der Waals surface area contributed by atoms with Gasteiger partial charge in [-0.2, -0.15) is 5.10 Å². The predicted molar refractivity (Wildman–Crippen MR) is 90.7 cm³/mol. The topological polar surface area (TPSA) is 81.7 Å². The quantitative estimate of drug-likeness (QED) is 0.651. The Labute approximate surface area is 147 Å². The Hall–Kier alpha value is -2.68. The molecule has 9 heteroatoms. The number of carbonyl (C=O) groups excluding carboxylic acids is 2. The number of rotatable bonds is 2. The van der Waals surface area contributed by atoms with Crippen molar-refractivity contribution in [1.82, 2.24) is 24.1 Å². The molecular formula is C16H17N5O3S. The lowest BCUT2D eigenvalue weighted by atomic mass is 10.2. The molecule has 0 saturated heterocycles. The summed E-state index contributed by atoms with van der Waals surface area (Å²) in [5.74, 6) is -0.525. The zero-order valence-electron chi connectivity index (χ0n) is 13.9. The van der Waals surface area contributed by atoms with Crippen LogP contribution < -0.4 is 0 Å². The van der Waals surface area contributed by atoms with E-state index in [0.717, 1.165) is 22.8 Å². The number of thiazole rings is 1. The van der Waals surface area contributed by atoms with Crippen LogP contribution in [0, 0.1) is 6.92 Å². The molecule has 0 atom stereocenters. The minimum Gasteiger partial charge on any atom is -0.464 e. The molecule has 130 valence electrons. The lowest BCUT2D eigenvalue weighted by Crippen LogP contribution is -2.32. The lowest BCUT2D eigenvalue weighted by Gasteiger charge is -2.19. The molecule has 0 fully saturated rings. The molecule has 0 saturated carbocycles. The highest BCUT2D eigenvalue weighted by molar-refractivity contribution is 7.15. The van der Waals surface area contributed by atoms with Crippen molar-refractivity contribution in [1.29, 1.82) is 0 Å². The van der Waals surface area contributed by atoms with Gasteiger partial charge >= 0.3 is 5.97 Å². The molecular weight excluding hydrogens is 342 g/mol. The number of aromatic nitrogens is 4. The second-order valence-corrected chi connectivity index (χ2v) is 6.79. The maximum absolute atomic E-state index is 13.1. The van der Waals surface area contributed by atoms with E-state index in [2.05, 4.69) is 10.1 Å². The number of hydrogen-bond donors (Lipinski definition) is 0. The zero-order chi connectivity index (χ0) is 17.6. The van der Waals surface area contributed by atoms with Crippen LogP contribution in [0.5, 0.6) is 0 Å². The number of carbonyl (C=O) groups is 2. The summed E-state index contributed by atoms with van der Waals surface area (Å²) in [4.78, 5) is 31.8. The fourth-order valence-corrected chi connectivity index (χ4v) is 3.90. The number of imidazole rings is 1. The molecule has 0 aliphatic carbocycles. The molecule has 0 unspecified atom stereocenters. The van der Waals surface area contributed by atoms with Crippen LogP contribution in [0.3, 0.4) is 0 Å². The maximum atomic E-state index is 13.1. The number of nitrogens with zero attached hydrogens (tertiary/aromatic N) is 5. The summed E-state index contributed by atoms with van der Waals surface area (Å²) in [6.07, 6.45) is 2.64. The van der Waals surface area contributed by atoms with Gasteiger partial charge < -0.3 is 9.64 Å². The van der Waals surface area contributed by atoms with E-state index in [-0.39, 0.29) is 11.6 Å². The summed E-state index contributed by atoms with van der Waals surface area (Å²) in [5, 5.41) is 6.20. The summed E-state index contributed by atoms with van der Waals surface area (Å²) in [6, 6.07) is 1.70. The Morgan fingerprint density at radius 3 is 2.96 bits per heavy atom. The van der Waals surface area contributed by atoms with Crippen molar-refractivity contribution in [2.24, 2.45) is 0 Å². The molecule has 0 aromatic carbocycles. The van der Waals surface area contributed by atoms with Gasteiger partial charge in [0.05, 0.1) is 25.0 Å². The standard InChI is InChI=1S/C16H17N5O3S/c1-10-13(20-6-7-25-16(20)17-10)14(22)19-4-3-5-21-11(9-19)8-12(18-21)15(23)24-2/h6-8H,3-5,9H2,1-2H3. The maximum Gasteiger partial charge on any atom is 0.358 e. The molecule has 4 rings (SSSR count). The van der Waals surface area contributed by atoms with Crippen molar-refractivity contribution in [3.05, 3.63) is 40.4 Å². The average molecular weight is 359 g/mol. The first-order valence-corrected chi connectivity index (χ1v) is 8.83. The lowest BCUT2D eigenvalue weighted by molar-refractivity contribution is 0.0593. The Balaban J connectivity index is 1.66. The third-order valence-electron chi connectivity index (χ3n) is 4.33. The summed E-state index contributed by atoms with van der Waals surface area (Å²) in [5.41, 5.74) is 2.42. The molecule has 0 bridgehead atoms. The number of ether oxygens (including phenoxy) is 1. The van der Waals surface area contributed by atoms with E-state index in [9.17, 15) is 9.59 Å². The molecule has 0 radical (unpaired) electrons. The minimum atomic E-state index is -0.468. The van der Waals surface area contributed by atoms with E-state index >= 15 is 0 Å². The Morgan fingerprint density at radius 2 is 2.16 bits per heavy atom. The largest absolute Gasteiger partial charge is 0.464 e. The normalized spacial score (nSPS) is 14.4. The van der Waals surface area contributed by atoms with Gasteiger partial charge in [0.1, 0.15) is 5.69 Å². The average Bonchev–Trinajstić information content (AvgIpc) is 3.24. The van der Waals surface area contributed by atoms with E-state index < -0.39 is 5.97 Å². The number of methoxy groups -OCH3 is 1. The van der Waals surface area contributed by atoms with Crippen LogP contribution in [-0.4, -0.2) is 49.6 Å². The molecule has 1 aliphatic rings. The predicted octanol–water partition coefficient (Wildman–Crippen LogP) is 1.73. The van der Waals surface area contributed by atoms with Crippen LogP contribution in [0.4, 0.5) is 0 Å². The molecule has 3 aromatic rings. The number of hydrogen-bond acceptors (Lipinski definition) is 6. The van der Waals surface area contributed by atoms with Crippen LogP contribution in [0.2, 0.25) is 0 Å². The van der Waals surface area contributed by atoms with Gasteiger partial charge in [-0.3, -0.25) is 13.9 Å². The van der Waals surface area contributed by atoms with Gasteiger partial charge in [0, 0.05) is 24.7 Å². The third-order valence-corrected chi connectivity index (χ3v) is 5.09. The van der Waals surface area contributed by atoms with E-state index in [1.165, 1.54) is 18.4 Å². The van der Waals surface area contributed by atoms with Crippen LogP contribution in [0.1, 0.15) is 38.8 Å². The van der Waals surface area contributed by atoms with E-state index in [4.69, 9.17) is 4.74 Å². The van der Waals surface area contributed by atoms with Gasteiger partial charge in [-0.25, -0.2) is 9.78 Å². The van der Waals surface area contributed by atoms with Gasteiger partial charge in [-0.1, -0.05) is 0 Å². The molecule has 3 aromatic heterocycles. The Bertz CT molecular complexity index is 970. The van der Waals surface area contributed by atoms with Crippen LogP contribution in [0.25, 0.3) is 4.96 Å². The second kappa shape index (κ2) is 5.99. The highest BCUT2D eigenvalue weighted by atomic mass is 32.1. The van der Waals surface area contributed by atoms with Crippen molar-refractivity contribution < 1.29 is 14.3 Å². The highest BCUT2D eigenvalue weighted by Crippen LogP contribution is 2.21. The van der Waals surface area contributed by atoms with Crippen LogP contribution >= 0.6 is 11.3 Å². The summed E-state index contributed by atoms with van der Waals surface area (Å²) in [6.45, 7) is 3.55. The molecule has 1 amide bonds. The van der Waals surface area contributed by atoms with E-state index in [0.29, 0.717) is 25.3 Å². The molecule has 8 nitrogen and oxygen atoms in total. The van der Waals surface area contributed by atoms with Crippen molar-refractivity contribution in [3.8, 4) is 0 Å². The molecule has 4 heterocycles. The van der Waals surface area contributed by atoms with E-state index in [1.807, 2.05) is 22.9 Å². The van der Waals surface area contributed by atoms with Crippen molar-refractivity contribution in [2.75, 3.05) is 13.7 Å².